The second-order valence-corrected chi connectivity index (χ2v) is 9.05. The maximum Gasteiger partial charge on any atom is 0.242 e. The van der Waals surface area contributed by atoms with E-state index in [1.165, 1.54) is 4.90 Å². The van der Waals surface area contributed by atoms with Crippen LogP contribution in [0.2, 0.25) is 5.02 Å². The smallest absolute Gasteiger partial charge is 0.242 e. The number of nitrogens with two attached hydrogens (primary N) is 1. The van der Waals surface area contributed by atoms with E-state index in [0.717, 1.165) is 29.5 Å². The molecule has 1 unspecified atom stereocenters. The average Bonchev–Trinajstić information content (AvgIpc) is 2.97. The molecule has 0 aromatic heterocycles. The number of rotatable bonds is 2. The van der Waals surface area contributed by atoms with Crippen LogP contribution in [0.3, 0.4) is 0 Å². The molecule has 1 fully saturated rings. The lowest BCUT2D eigenvalue weighted by Crippen LogP contribution is -2.55. The molecule has 1 saturated heterocycles. The summed E-state index contributed by atoms with van der Waals surface area (Å²) in [6.45, 7) is 1.18. The Hall–Kier alpha value is -2.70. The van der Waals surface area contributed by atoms with Crippen molar-refractivity contribution in [1.82, 2.24) is 4.90 Å². The highest BCUT2D eigenvalue weighted by atomic mass is 35.5. The van der Waals surface area contributed by atoms with Gasteiger partial charge in [0, 0.05) is 30.7 Å². The van der Waals surface area contributed by atoms with Crippen molar-refractivity contribution < 1.29 is 19.0 Å². The molecule has 0 bridgehead atoms. The summed E-state index contributed by atoms with van der Waals surface area (Å²) < 4.78 is 17.7. The Morgan fingerprint density at radius 3 is 2.71 bits per heavy atom. The first-order valence-corrected chi connectivity index (χ1v) is 10.8. The maximum absolute atomic E-state index is 13.5. The molecule has 7 heteroatoms. The highest BCUT2D eigenvalue weighted by molar-refractivity contribution is 6.31. The van der Waals surface area contributed by atoms with E-state index in [1.807, 2.05) is 36.4 Å². The van der Waals surface area contributed by atoms with Crippen molar-refractivity contribution in [3.63, 3.8) is 0 Å². The van der Waals surface area contributed by atoms with Crippen LogP contribution < -0.4 is 15.2 Å². The Morgan fingerprint density at radius 1 is 1.19 bits per heavy atom. The number of likely N-dealkylation sites (N-methyl/N-ethyl adjacent to an activating group) is 1. The first kappa shape index (κ1) is 20.2. The third kappa shape index (κ3) is 3.17. The average molecular weight is 441 g/mol. The number of halogens is 1. The molecular weight excluding hydrogens is 416 g/mol. The number of ether oxygens (including phenoxy) is 3. The molecule has 2 atom stereocenters. The zero-order valence-corrected chi connectivity index (χ0v) is 18.4. The number of hydrogen-bond donors (Lipinski definition) is 1. The van der Waals surface area contributed by atoms with E-state index in [4.69, 9.17) is 31.5 Å². The predicted molar refractivity (Wildman–Crippen MR) is 118 cm³/mol. The molecule has 6 nitrogen and oxygen atoms in total. The van der Waals surface area contributed by atoms with Gasteiger partial charge < -0.3 is 24.8 Å². The van der Waals surface area contributed by atoms with Crippen LogP contribution in [0, 0.1) is 0 Å². The molecular formula is C24H25ClN2O4. The molecule has 5 rings (SSSR count). The third-order valence-corrected chi connectivity index (χ3v) is 6.80. The number of carbonyl (C=O) groups excluding carboxylic acids is 1. The van der Waals surface area contributed by atoms with Crippen LogP contribution in [0.15, 0.2) is 48.3 Å². The van der Waals surface area contributed by atoms with E-state index in [-0.39, 0.29) is 5.91 Å². The van der Waals surface area contributed by atoms with Gasteiger partial charge in [0.25, 0.3) is 0 Å². The van der Waals surface area contributed by atoms with E-state index in [0.29, 0.717) is 42.0 Å². The van der Waals surface area contributed by atoms with Crippen LogP contribution in [0.1, 0.15) is 24.8 Å². The van der Waals surface area contributed by atoms with Crippen LogP contribution >= 0.6 is 11.6 Å². The van der Waals surface area contributed by atoms with Gasteiger partial charge in [-0.15, -0.1) is 0 Å². The van der Waals surface area contributed by atoms with E-state index in [1.54, 1.807) is 20.2 Å². The molecule has 2 aromatic rings. The van der Waals surface area contributed by atoms with Gasteiger partial charge in [-0.1, -0.05) is 17.7 Å². The molecule has 3 aliphatic heterocycles. The van der Waals surface area contributed by atoms with Crippen molar-refractivity contribution in [3.05, 3.63) is 58.9 Å². The molecule has 1 amide bonds. The largest absolute Gasteiger partial charge is 0.497 e. The standard InChI is InChI=1S/C24H25ClN2O4/c1-27-21(26)12-24(22(27)28)13-23(6-3-7-30-14-23)31-20-5-4-15(10-19(20)24)16-8-17(25)11-18(9-16)29-2/h4-5,8-12H,3,6-7,13-14,26H2,1-2H3/t23-,24?/m0/s1. The van der Waals surface area contributed by atoms with Gasteiger partial charge in [-0.25, -0.2) is 0 Å². The highest BCUT2D eigenvalue weighted by Gasteiger charge is 2.56. The van der Waals surface area contributed by atoms with E-state index in [2.05, 4.69) is 0 Å². The lowest BCUT2D eigenvalue weighted by Gasteiger charge is -2.47. The van der Waals surface area contributed by atoms with E-state index < -0.39 is 11.0 Å². The molecule has 31 heavy (non-hydrogen) atoms. The van der Waals surface area contributed by atoms with Gasteiger partial charge in [0.15, 0.2) is 0 Å². The summed E-state index contributed by atoms with van der Waals surface area (Å²) in [5.41, 5.74) is 7.44. The molecule has 3 aliphatic rings. The van der Waals surface area contributed by atoms with Gasteiger partial charge >= 0.3 is 0 Å². The minimum atomic E-state index is -0.883. The normalized spacial score (nSPS) is 27.3. The Kier molecular flexibility index (Phi) is 4.68. The first-order valence-electron chi connectivity index (χ1n) is 10.4. The zero-order valence-electron chi connectivity index (χ0n) is 17.6. The number of hydrogen-bond acceptors (Lipinski definition) is 5. The number of carbonyl (C=O) groups is 1. The van der Waals surface area contributed by atoms with Gasteiger partial charge in [-0.3, -0.25) is 4.79 Å². The number of nitrogens with zero attached hydrogens (tertiary/aromatic N) is 1. The second-order valence-electron chi connectivity index (χ2n) is 8.61. The fourth-order valence-electron chi connectivity index (χ4n) is 5.06. The van der Waals surface area contributed by atoms with E-state index in [9.17, 15) is 4.79 Å². The minimum Gasteiger partial charge on any atom is -0.497 e. The molecule has 3 heterocycles. The molecule has 0 aliphatic carbocycles. The van der Waals surface area contributed by atoms with Crippen LogP contribution in [-0.2, 0) is 14.9 Å². The molecule has 2 aromatic carbocycles. The summed E-state index contributed by atoms with van der Waals surface area (Å²) >= 11 is 6.30. The summed E-state index contributed by atoms with van der Waals surface area (Å²) in [5, 5.41) is 0.581. The maximum atomic E-state index is 13.5. The summed E-state index contributed by atoms with van der Waals surface area (Å²) in [6.07, 6.45) is 4.12. The molecule has 0 radical (unpaired) electrons. The molecule has 2 spiro atoms. The molecule has 0 saturated carbocycles. The van der Waals surface area contributed by atoms with Gasteiger partial charge in [-0.2, -0.15) is 0 Å². The quantitative estimate of drug-likeness (QED) is 0.767. The minimum absolute atomic E-state index is 0.0414. The Bertz CT molecular complexity index is 1090. The predicted octanol–water partition coefficient (Wildman–Crippen LogP) is 3.86. The SMILES string of the molecule is COc1cc(Cl)cc(-c2ccc3c(c2)C2(C=C(N)N(C)C2=O)C[C@]2(CCCOC2)O3)c1. The number of methoxy groups -OCH3 is 1. The van der Waals surface area contributed by atoms with Crippen molar-refractivity contribution >= 4 is 17.5 Å². The van der Waals surface area contributed by atoms with Crippen LogP contribution in [0.5, 0.6) is 11.5 Å². The van der Waals surface area contributed by atoms with Crippen molar-refractivity contribution in [3.8, 4) is 22.6 Å². The fraction of sp³-hybridized carbons (Fsp3) is 0.375. The van der Waals surface area contributed by atoms with E-state index >= 15 is 0 Å². The first-order chi connectivity index (χ1) is 14.9. The number of amides is 1. The summed E-state index contributed by atoms with van der Waals surface area (Å²) in [5.74, 6) is 1.78. The monoisotopic (exact) mass is 440 g/mol. The number of fused-ring (bicyclic) bond motifs is 2. The summed E-state index contributed by atoms with van der Waals surface area (Å²) in [4.78, 5) is 15.1. The van der Waals surface area contributed by atoms with Crippen molar-refractivity contribution in [2.45, 2.75) is 30.3 Å². The van der Waals surface area contributed by atoms with Gasteiger partial charge in [0.05, 0.1) is 13.7 Å². The fourth-order valence-corrected chi connectivity index (χ4v) is 5.29. The van der Waals surface area contributed by atoms with Crippen LogP contribution in [0.25, 0.3) is 11.1 Å². The zero-order chi connectivity index (χ0) is 21.8. The second kappa shape index (κ2) is 7.18. The van der Waals surface area contributed by atoms with Crippen LogP contribution in [0.4, 0.5) is 0 Å². The third-order valence-electron chi connectivity index (χ3n) is 6.58. The molecule has 2 N–H and O–H groups in total. The van der Waals surface area contributed by atoms with Crippen molar-refractivity contribution in [2.75, 3.05) is 27.4 Å². The lowest BCUT2D eigenvalue weighted by molar-refractivity contribution is -0.138. The number of benzene rings is 2. The van der Waals surface area contributed by atoms with Gasteiger partial charge in [0.1, 0.15) is 28.3 Å². The molecule has 162 valence electrons. The lowest BCUT2D eigenvalue weighted by atomic mass is 9.68. The van der Waals surface area contributed by atoms with Crippen molar-refractivity contribution in [2.24, 2.45) is 5.73 Å². The van der Waals surface area contributed by atoms with Gasteiger partial charge in [0.2, 0.25) is 5.91 Å². The highest BCUT2D eigenvalue weighted by Crippen LogP contribution is 2.52. The van der Waals surface area contributed by atoms with Gasteiger partial charge in [-0.05, 0) is 60.4 Å². The summed E-state index contributed by atoms with van der Waals surface area (Å²) in [6, 6.07) is 11.5. The Balaban J connectivity index is 1.68. The van der Waals surface area contributed by atoms with Crippen LogP contribution in [-0.4, -0.2) is 43.8 Å². The Morgan fingerprint density at radius 2 is 2.03 bits per heavy atom. The van der Waals surface area contributed by atoms with Crippen molar-refractivity contribution in [1.29, 1.82) is 0 Å². The topological polar surface area (TPSA) is 74.0 Å². The Labute approximate surface area is 186 Å². The summed E-state index contributed by atoms with van der Waals surface area (Å²) in [7, 11) is 3.32.